The van der Waals surface area contributed by atoms with Crippen LogP contribution in [0.3, 0.4) is 0 Å². The van der Waals surface area contributed by atoms with Gasteiger partial charge >= 0.3 is 0 Å². The zero-order valence-corrected chi connectivity index (χ0v) is 21.5. The summed E-state index contributed by atoms with van der Waals surface area (Å²) in [6, 6.07) is 15.1. The van der Waals surface area contributed by atoms with Gasteiger partial charge in [-0.3, -0.25) is 9.59 Å². The Morgan fingerprint density at radius 1 is 0.722 bits per heavy atom. The lowest BCUT2D eigenvalue weighted by atomic mass is 10.2. The Balaban J connectivity index is 1.19. The molecule has 0 aromatic heterocycles. The number of thioether (sulfide) groups is 2. The van der Waals surface area contributed by atoms with Gasteiger partial charge in [-0.15, -0.1) is 0 Å². The number of carbonyl (C=O) groups excluding carboxylic acids is 2. The van der Waals surface area contributed by atoms with Crippen LogP contribution in [0.15, 0.2) is 68.3 Å². The van der Waals surface area contributed by atoms with Gasteiger partial charge in [-0.2, -0.15) is 9.98 Å². The van der Waals surface area contributed by atoms with Crippen molar-refractivity contribution >= 4 is 57.8 Å². The third-order valence-electron chi connectivity index (χ3n) is 5.82. The van der Waals surface area contributed by atoms with Crippen LogP contribution in [0.4, 0.5) is 0 Å². The van der Waals surface area contributed by atoms with Gasteiger partial charge in [0, 0.05) is 26.2 Å². The lowest BCUT2D eigenvalue weighted by Crippen LogP contribution is -2.49. The standard InChI is InChI=1S/C26H24N4O4S2/c1-33-19-7-3-5-17(13-19)15-21-23(31)27-25(35-21)29-9-11-30(12-10-29)26-28-24(32)22(36-26)16-18-6-4-8-20(14-18)34-2/h3-8,13-16H,9-12H2,1-2H3. The maximum absolute atomic E-state index is 12.5. The van der Waals surface area contributed by atoms with Crippen molar-refractivity contribution in [3.8, 4) is 11.5 Å². The molecule has 2 aromatic carbocycles. The minimum Gasteiger partial charge on any atom is -0.497 e. The number of aliphatic imine (C=N–C) groups is 2. The van der Waals surface area contributed by atoms with E-state index in [1.165, 1.54) is 23.5 Å². The van der Waals surface area contributed by atoms with E-state index in [1.807, 2.05) is 60.7 Å². The molecule has 3 aliphatic heterocycles. The summed E-state index contributed by atoms with van der Waals surface area (Å²) in [7, 11) is 3.23. The van der Waals surface area contributed by atoms with Gasteiger partial charge in [0.05, 0.1) is 24.0 Å². The summed E-state index contributed by atoms with van der Waals surface area (Å²) in [4.78, 5) is 39.0. The number of hydrogen-bond donors (Lipinski definition) is 0. The number of rotatable bonds is 4. The first kappa shape index (κ1) is 24.2. The molecule has 184 valence electrons. The number of nitrogens with zero attached hydrogens (tertiary/aromatic N) is 4. The number of piperazine rings is 1. The Morgan fingerprint density at radius 3 is 1.53 bits per heavy atom. The van der Waals surface area contributed by atoms with Crippen LogP contribution in [0.1, 0.15) is 11.1 Å². The third kappa shape index (κ3) is 5.34. The highest BCUT2D eigenvalue weighted by atomic mass is 32.2. The monoisotopic (exact) mass is 520 g/mol. The van der Waals surface area contributed by atoms with Crippen molar-refractivity contribution in [1.29, 1.82) is 0 Å². The van der Waals surface area contributed by atoms with Crippen LogP contribution in [0, 0.1) is 0 Å². The average molecular weight is 521 g/mol. The molecule has 2 aromatic rings. The van der Waals surface area contributed by atoms with Crippen LogP contribution in [-0.2, 0) is 9.59 Å². The molecule has 3 aliphatic rings. The summed E-state index contributed by atoms with van der Waals surface area (Å²) in [5.74, 6) is 1.03. The number of ether oxygens (including phenoxy) is 2. The Labute approximate surface area is 217 Å². The number of amidine groups is 2. The van der Waals surface area contributed by atoms with E-state index in [0.29, 0.717) is 46.3 Å². The normalized spacial score (nSPS) is 20.3. The molecule has 3 heterocycles. The summed E-state index contributed by atoms with van der Waals surface area (Å²) >= 11 is 2.78. The summed E-state index contributed by atoms with van der Waals surface area (Å²) in [5.41, 5.74) is 1.79. The summed E-state index contributed by atoms with van der Waals surface area (Å²) in [6.07, 6.45) is 3.68. The topological polar surface area (TPSA) is 83.8 Å². The van der Waals surface area contributed by atoms with E-state index in [0.717, 1.165) is 22.6 Å². The highest BCUT2D eigenvalue weighted by Crippen LogP contribution is 2.33. The van der Waals surface area contributed by atoms with Crippen molar-refractivity contribution < 1.29 is 19.1 Å². The van der Waals surface area contributed by atoms with Crippen molar-refractivity contribution in [2.45, 2.75) is 0 Å². The predicted octanol–water partition coefficient (Wildman–Crippen LogP) is 3.96. The van der Waals surface area contributed by atoms with Gasteiger partial charge < -0.3 is 19.3 Å². The Kier molecular flexibility index (Phi) is 7.15. The van der Waals surface area contributed by atoms with Crippen LogP contribution in [-0.4, -0.2) is 72.3 Å². The first-order valence-corrected chi connectivity index (χ1v) is 13.0. The van der Waals surface area contributed by atoms with Gasteiger partial charge in [0.15, 0.2) is 10.3 Å². The minimum absolute atomic E-state index is 0.228. The first-order valence-electron chi connectivity index (χ1n) is 11.4. The molecule has 0 saturated carbocycles. The highest BCUT2D eigenvalue weighted by Gasteiger charge is 2.32. The molecular formula is C26H24N4O4S2. The fraction of sp³-hybridized carbons (Fsp3) is 0.231. The van der Waals surface area contributed by atoms with Gasteiger partial charge in [-0.1, -0.05) is 24.3 Å². The quantitative estimate of drug-likeness (QED) is 0.561. The Bertz CT molecular complexity index is 1230. The van der Waals surface area contributed by atoms with E-state index in [9.17, 15) is 9.59 Å². The van der Waals surface area contributed by atoms with Crippen LogP contribution in [0.2, 0.25) is 0 Å². The van der Waals surface area contributed by atoms with Crippen LogP contribution < -0.4 is 9.47 Å². The van der Waals surface area contributed by atoms with E-state index < -0.39 is 0 Å². The Morgan fingerprint density at radius 2 is 1.14 bits per heavy atom. The van der Waals surface area contributed by atoms with E-state index in [-0.39, 0.29) is 11.8 Å². The molecule has 2 amide bonds. The third-order valence-corrected chi connectivity index (χ3v) is 7.91. The fourth-order valence-electron chi connectivity index (χ4n) is 3.92. The maximum atomic E-state index is 12.5. The van der Waals surface area contributed by atoms with Crippen molar-refractivity contribution in [3.05, 3.63) is 69.5 Å². The zero-order chi connectivity index (χ0) is 25.1. The minimum atomic E-state index is -0.228. The van der Waals surface area contributed by atoms with E-state index in [2.05, 4.69) is 19.8 Å². The van der Waals surface area contributed by atoms with Gasteiger partial charge in [-0.25, -0.2) is 0 Å². The molecule has 0 atom stereocenters. The molecule has 1 fully saturated rings. The molecule has 0 radical (unpaired) electrons. The zero-order valence-electron chi connectivity index (χ0n) is 19.8. The number of amides is 2. The molecule has 36 heavy (non-hydrogen) atoms. The van der Waals surface area contributed by atoms with Crippen molar-refractivity contribution in [1.82, 2.24) is 9.80 Å². The largest absolute Gasteiger partial charge is 0.497 e. The second-order valence-electron chi connectivity index (χ2n) is 8.15. The van der Waals surface area contributed by atoms with Gasteiger partial charge in [0.2, 0.25) is 0 Å². The number of hydrogen-bond acceptors (Lipinski definition) is 8. The molecule has 0 unspecified atom stereocenters. The second kappa shape index (κ2) is 10.6. The maximum Gasteiger partial charge on any atom is 0.286 e. The van der Waals surface area contributed by atoms with Crippen molar-refractivity contribution in [2.75, 3.05) is 40.4 Å². The number of methoxy groups -OCH3 is 2. The molecule has 0 bridgehead atoms. The smallest absolute Gasteiger partial charge is 0.286 e. The second-order valence-corrected chi connectivity index (χ2v) is 10.2. The summed E-state index contributed by atoms with van der Waals surface area (Å²) < 4.78 is 10.5. The van der Waals surface area contributed by atoms with Gasteiger partial charge in [-0.05, 0) is 71.1 Å². The average Bonchev–Trinajstić information content (AvgIpc) is 3.46. The Hall–Kier alpha value is -3.50. The molecule has 0 aliphatic carbocycles. The highest BCUT2D eigenvalue weighted by molar-refractivity contribution is 8.18. The molecular weight excluding hydrogens is 496 g/mol. The van der Waals surface area contributed by atoms with Crippen molar-refractivity contribution in [2.24, 2.45) is 9.98 Å². The summed E-state index contributed by atoms with van der Waals surface area (Å²) in [5, 5.41) is 1.42. The van der Waals surface area contributed by atoms with Gasteiger partial charge in [0.1, 0.15) is 11.5 Å². The first-order chi connectivity index (χ1) is 17.5. The molecule has 1 saturated heterocycles. The van der Waals surface area contributed by atoms with Crippen LogP contribution >= 0.6 is 23.5 Å². The predicted molar refractivity (Wildman–Crippen MR) is 145 cm³/mol. The van der Waals surface area contributed by atoms with Gasteiger partial charge in [0.25, 0.3) is 11.8 Å². The lowest BCUT2D eigenvalue weighted by Gasteiger charge is -2.35. The number of carbonyl (C=O) groups is 2. The van der Waals surface area contributed by atoms with Crippen LogP contribution in [0.5, 0.6) is 11.5 Å². The summed E-state index contributed by atoms with van der Waals surface area (Å²) in [6.45, 7) is 2.75. The van der Waals surface area contributed by atoms with E-state index in [4.69, 9.17) is 9.47 Å². The lowest BCUT2D eigenvalue weighted by molar-refractivity contribution is -0.114. The molecule has 8 nitrogen and oxygen atoms in total. The van der Waals surface area contributed by atoms with Crippen LogP contribution in [0.25, 0.3) is 12.2 Å². The SMILES string of the molecule is COc1cccc(C=C2SC(N3CCN(C4=NC(=O)C(=Cc5cccc(OC)c5)S4)CC3)=NC2=O)c1. The molecule has 5 rings (SSSR count). The number of benzene rings is 2. The fourth-order valence-corrected chi connectivity index (χ4v) is 5.85. The van der Waals surface area contributed by atoms with E-state index in [1.54, 1.807) is 14.2 Å². The molecule has 0 N–H and O–H groups in total. The van der Waals surface area contributed by atoms with E-state index >= 15 is 0 Å². The molecule has 0 spiro atoms. The molecule has 10 heteroatoms. The van der Waals surface area contributed by atoms with Crippen molar-refractivity contribution in [3.63, 3.8) is 0 Å².